The molecule has 3 aromatic carbocycles. The minimum Gasteiger partial charge on any atom is -0.497 e. The molecule has 10 heteroatoms. The Bertz CT molecular complexity index is 1650. The quantitative estimate of drug-likeness (QED) is 0.287. The number of carbonyl (C=O) groups excluding carboxylic acids is 1. The van der Waals surface area contributed by atoms with Crippen molar-refractivity contribution >= 4 is 16.9 Å². The number of nitrogens with zero attached hydrogens (tertiary/aromatic N) is 5. The number of nitriles is 1. The summed E-state index contributed by atoms with van der Waals surface area (Å²) in [6.45, 7) is 0.215. The van der Waals surface area contributed by atoms with Crippen LogP contribution in [0.5, 0.6) is 5.75 Å². The van der Waals surface area contributed by atoms with E-state index in [2.05, 4.69) is 16.3 Å². The molecule has 5 rings (SSSR count). The molecule has 0 N–H and O–H groups in total. The van der Waals surface area contributed by atoms with E-state index in [9.17, 15) is 13.6 Å². The normalized spacial score (nSPS) is 10.9. The van der Waals surface area contributed by atoms with Crippen LogP contribution in [0.15, 0.2) is 77.5 Å². The average Bonchev–Trinajstić information content (AvgIpc) is 3.55. The second kappa shape index (κ2) is 10.5. The van der Waals surface area contributed by atoms with E-state index in [1.807, 2.05) is 12.1 Å². The Balaban J connectivity index is 1.46. The fourth-order valence-corrected chi connectivity index (χ4v) is 4.05. The van der Waals surface area contributed by atoms with Gasteiger partial charge in [0.1, 0.15) is 29.3 Å². The van der Waals surface area contributed by atoms with Gasteiger partial charge in [-0.15, -0.1) is 10.2 Å². The third-order valence-electron chi connectivity index (χ3n) is 6.06. The topological polar surface area (TPSA) is 97.2 Å². The van der Waals surface area contributed by atoms with Crippen molar-refractivity contribution in [3.8, 4) is 11.8 Å². The molecule has 0 radical (unpaired) electrons. The Kier molecular flexibility index (Phi) is 6.82. The molecule has 0 saturated heterocycles. The van der Waals surface area contributed by atoms with Gasteiger partial charge in [0.25, 0.3) is 5.91 Å². The van der Waals surface area contributed by atoms with Crippen LogP contribution in [0.4, 0.5) is 8.78 Å². The monoisotopic (exact) mass is 513 g/mol. The summed E-state index contributed by atoms with van der Waals surface area (Å²) in [4.78, 5) is 15.0. The summed E-state index contributed by atoms with van der Waals surface area (Å²) in [5.41, 5.74) is 2.07. The van der Waals surface area contributed by atoms with Crippen molar-refractivity contribution in [1.82, 2.24) is 19.7 Å². The van der Waals surface area contributed by atoms with Gasteiger partial charge in [0.15, 0.2) is 11.6 Å². The van der Waals surface area contributed by atoms with Gasteiger partial charge in [-0.2, -0.15) is 5.26 Å². The summed E-state index contributed by atoms with van der Waals surface area (Å²) in [6.07, 6.45) is 1.53. The fraction of sp³-hybridized carbons (Fsp3) is 0.143. The SMILES string of the molecule is COc1ccc2oc(C(=O)N(Cc3ccc(F)cc3F)Cc3nncn3Cc3ccc(C#N)cc3)cc2c1. The summed E-state index contributed by atoms with van der Waals surface area (Å²) < 4.78 is 40.9. The Morgan fingerprint density at radius 2 is 1.89 bits per heavy atom. The van der Waals surface area contributed by atoms with Gasteiger partial charge in [-0.05, 0) is 48.0 Å². The summed E-state index contributed by atoms with van der Waals surface area (Å²) in [5.74, 6) is -0.874. The molecule has 1 amide bonds. The van der Waals surface area contributed by atoms with Crippen molar-refractivity contribution in [1.29, 1.82) is 5.26 Å². The first kappa shape index (κ1) is 24.6. The first-order valence-corrected chi connectivity index (χ1v) is 11.6. The molecule has 0 bridgehead atoms. The van der Waals surface area contributed by atoms with Crippen LogP contribution in [-0.4, -0.2) is 32.7 Å². The van der Waals surface area contributed by atoms with Crippen molar-refractivity contribution in [2.45, 2.75) is 19.6 Å². The van der Waals surface area contributed by atoms with E-state index >= 15 is 0 Å². The van der Waals surface area contributed by atoms with Crippen molar-refractivity contribution < 1.29 is 22.7 Å². The van der Waals surface area contributed by atoms with Crippen molar-refractivity contribution in [3.05, 3.63) is 113 Å². The molecule has 0 aliphatic rings. The van der Waals surface area contributed by atoms with Crippen LogP contribution in [0.25, 0.3) is 11.0 Å². The summed E-state index contributed by atoms with van der Waals surface area (Å²) in [5, 5.41) is 17.9. The van der Waals surface area contributed by atoms with Crippen LogP contribution in [-0.2, 0) is 19.6 Å². The smallest absolute Gasteiger partial charge is 0.290 e. The van der Waals surface area contributed by atoms with Gasteiger partial charge in [-0.3, -0.25) is 4.79 Å². The zero-order valence-corrected chi connectivity index (χ0v) is 20.3. The molecular weight excluding hydrogens is 492 g/mol. The second-order valence-electron chi connectivity index (χ2n) is 8.60. The van der Waals surface area contributed by atoms with Crippen molar-refractivity contribution in [3.63, 3.8) is 0 Å². The minimum absolute atomic E-state index is 0.0215. The molecule has 0 fully saturated rings. The van der Waals surface area contributed by atoms with Gasteiger partial charge in [0.05, 0.1) is 31.8 Å². The van der Waals surface area contributed by atoms with Gasteiger partial charge in [-0.25, -0.2) is 8.78 Å². The number of hydrogen-bond donors (Lipinski definition) is 0. The largest absolute Gasteiger partial charge is 0.497 e. The molecule has 0 spiro atoms. The third-order valence-corrected chi connectivity index (χ3v) is 6.06. The van der Waals surface area contributed by atoms with E-state index in [1.54, 1.807) is 48.1 Å². The maximum Gasteiger partial charge on any atom is 0.290 e. The van der Waals surface area contributed by atoms with Crippen molar-refractivity contribution in [2.24, 2.45) is 0 Å². The first-order chi connectivity index (χ1) is 18.4. The molecule has 0 aliphatic carbocycles. The summed E-state index contributed by atoms with van der Waals surface area (Å²) in [7, 11) is 1.54. The molecule has 2 aromatic heterocycles. The Morgan fingerprint density at radius 1 is 1.08 bits per heavy atom. The zero-order valence-electron chi connectivity index (χ0n) is 20.3. The summed E-state index contributed by atoms with van der Waals surface area (Å²) in [6, 6.07) is 19.1. The van der Waals surface area contributed by atoms with E-state index in [1.165, 1.54) is 17.3 Å². The average molecular weight is 514 g/mol. The second-order valence-corrected chi connectivity index (χ2v) is 8.60. The number of rotatable bonds is 8. The number of carbonyl (C=O) groups is 1. The molecule has 0 atom stereocenters. The highest BCUT2D eigenvalue weighted by Crippen LogP contribution is 2.26. The number of methoxy groups -OCH3 is 1. The molecule has 0 saturated carbocycles. The van der Waals surface area contributed by atoms with Crippen LogP contribution in [0, 0.1) is 23.0 Å². The Labute approximate surface area is 216 Å². The van der Waals surface area contributed by atoms with Crippen LogP contribution in [0.2, 0.25) is 0 Å². The van der Waals surface area contributed by atoms with Crippen molar-refractivity contribution in [2.75, 3.05) is 7.11 Å². The molecule has 0 unspecified atom stereocenters. The molecule has 5 aromatic rings. The molecule has 38 heavy (non-hydrogen) atoms. The van der Waals surface area contributed by atoms with Gasteiger partial charge < -0.3 is 18.6 Å². The van der Waals surface area contributed by atoms with E-state index in [0.29, 0.717) is 34.7 Å². The molecule has 8 nitrogen and oxygen atoms in total. The zero-order chi connectivity index (χ0) is 26.6. The van der Waals surface area contributed by atoms with Crippen LogP contribution >= 0.6 is 0 Å². The van der Waals surface area contributed by atoms with Crippen LogP contribution in [0.1, 0.15) is 33.1 Å². The number of fused-ring (bicyclic) bond motifs is 1. The number of benzene rings is 3. The maximum atomic E-state index is 14.6. The van der Waals surface area contributed by atoms with E-state index in [-0.39, 0.29) is 24.4 Å². The lowest BCUT2D eigenvalue weighted by molar-refractivity contribution is 0.0692. The number of aromatic nitrogens is 3. The number of hydrogen-bond acceptors (Lipinski definition) is 6. The molecule has 190 valence electrons. The van der Waals surface area contributed by atoms with E-state index < -0.39 is 17.5 Å². The Hall–Kier alpha value is -5.04. The molecule has 2 heterocycles. The van der Waals surface area contributed by atoms with E-state index in [4.69, 9.17) is 14.4 Å². The van der Waals surface area contributed by atoms with Gasteiger partial charge in [0.2, 0.25) is 0 Å². The summed E-state index contributed by atoms with van der Waals surface area (Å²) >= 11 is 0. The van der Waals surface area contributed by atoms with Gasteiger partial charge >= 0.3 is 0 Å². The predicted molar refractivity (Wildman–Crippen MR) is 133 cm³/mol. The lowest BCUT2D eigenvalue weighted by Gasteiger charge is -2.22. The first-order valence-electron chi connectivity index (χ1n) is 11.6. The van der Waals surface area contributed by atoms with Crippen LogP contribution < -0.4 is 4.74 Å². The number of halogens is 2. The number of furan rings is 1. The standard InChI is InChI=1S/C28H21F2N5O3/c1-37-23-8-9-25-21(10-23)11-26(38-25)28(36)34(15-20-6-7-22(29)12-24(20)30)16-27-33-32-17-35(27)14-19-4-2-18(13-31)3-5-19/h2-12,17H,14-16H2,1H3. The predicted octanol–water partition coefficient (Wildman–Crippen LogP) is 5.07. The highest BCUT2D eigenvalue weighted by molar-refractivity contribution is 5.96. The molecular formula is C28H21F2N5O3. The fourth-order valence-electron chi connectivity index (χ4n) is 4.05. The molecule has 0 aliphatic heterocycles. The lowest BCUT2D eigenvalue weighted by Crippen LogP contribution is -2.31. The van der Waals surface area contributed by atoms with Crippen LogP contribution in [0.3, 0.4) is 0 Å². The number of ether oxygens (including phenoxy) is 1. The van der Waals surface area contributed by atoms with E-state index in [0.717, 1.165) is 17.7 Å². The third kappa shape index (κ3) is 5.22. The maximum absolute atomic E-state index is 14.6. The minimum atomic E-state index is -0.767. The van der Waals surface area contributed by atoms with Gasteiger partial charge in [-0.1, -0.05) is 18.2 Å². The lowest BCUT2D eigenvalue weighted by atomic mass is 10.1. The highest BCUT2D eigenvalue weighted by atomic mass is 19.1. The highest BCUT2D eigenvalue weighted by Gasteiger charge is 2.24. The Morgan fingerprint density at radius 3 is 2.63 bits per heavy atom. The number of amides is 1. The van der Waals surface area contributed by atoms with Gasteiger partial charge in [0, 0.05) is 23.6 Å².